The molecule has 0 spiro atoms. The van der Waals surface area contributed by atoms with E-state index in [1.807, 2.05) is 23.5 Å². The smallest absolute Gasteiger partial charge is 0.248 e. The quantitative estimate of drug-likeness (QED) is 0.589. The zero-order chi connectivity index (χ0) is 19.8. The third kappa shape index (κ3) is 3.70. The van der Waals surface area contributed by atoms with E-state index in [-0.39, 0.29) is 5.91 Å². The third-order valence-electron chi connectivity index (χ3n) is 6.25. The van der Waals surface area contributed by atoms with E-state index in [1.165, 1.54) is 34.4 Å². The Bertz CT molecular complexity index is 1020. The van der Waals surface area contributed by atoms with E-state index in [4.69, 9.17) is 5.73 Å². The Morgan fingerprint density at radius 2 is 1.79 bits per heavy atom. The molecule has 0 radical (unpaired) electrons. The van der Waals surface area contributed by atoms with Gasteiger partial charge in [0.05, 0.1) is 0 Å². The van der Waals surface area contributed by atoms with E-state index in [0.29, 0.717) is 17.6 Å². The van der Waals surface area contributed by atoms with Gasteiger partial charge in [-0.15, -0.1) is 11.3 Å². The van der Waals surface area contributed by atoms with Crippen LogP contribution in [0, 0.1) is 0 Å². The van der Waals surface area contributed by atoms with Gasteiger partial charge in [0.15, 0.2) is 0 Å². The molecule has 2 fully saturated rings. The fraction of sp³-hybridized carbons (Fsp3) is 0.292. The molecule has 2 saturated heterocycles. The maximum atomic E-state index is 11.7. The van der Waals surface area contributed by atoms with Crippen LogP contribution in [0.25, 0.3) is 5.57 Å². The summed E-state index contributed by atoms with van der Waals surface area (Å²) < 4.78 is 0. The Kier molecular flexibility index (Phi) is 5.12. The highest BCUT2D eigenvalue weighted by Gasteiger charge is 2.39. The SMILES string of the molecule is NC(=O)c1cccc(C(=C2CC3CCC(C2)N3Cc2cccs2)c2ccsc2)c1. The number of hydrogen-bond donors (Lipinski definition) is 1. The second-order valence-electron chi connectivity index (χ2n) is 7.98. The first kappa shape index (κ1) is 18.8. The summed E-state index contributed by atoms with van der Waals surface area (Å²) in [7, 11) is 0. The molecule has 2 N–H and O–H groups in total. The van der Waals surface area contributed by atoms with E-state index in [9.17, 15) is 4.79 Å². The molecule has 5 heteroatoms. The van der Waals surface area contributed by atoms with Crippen LogP contribution in [0.5, 0.6) is 0 Å². The predicted octanol–water partition coefficient (Wildman–Crippen LogP) is 5.54. The van der Waals surface area contributed by atoms with Crippen molar-refractivity contribution < 1.29 is 4.79 Å². The van der Waals surface area contributed by atoms with Crippen LogP contribution >= 0.6 is 22.7 Å². The molecule has 2 bridgehead atoms. The highest BCUT2D eigenvalue weighted by atomic mass is 32.1. The molecule has 2 aromatic heterocycles. The van der Waals surface area contributed by atoms with Crippen LogP contribution in [0.2, 0.25) is 0 Å². The van der Waals surface area contributed by atoms with Crippen molar-refractivity contribution >= 4 is 34.2 Å². The lowest BCUT2D eigenvalue weighted by Crippen LogP contribution is -2.39. The molecule has 2 atom stereocenters. The van der Waals surface area contributed by atoms with Crippen molar-refractivity contribution in [3.63, 3.8) is 0 Å². The molecule has 2 aliphatic rings. The summed E-state index contributed by atoms with van der Waals surface area (Å²) >= 11 is 3.58. The van der Waals surface area contributed by atoms with E-state index < -0.39 is 0 Å². The summed E-state index contributed by atoms with van der Waals surface area (Å²) in [5.41, 5.74) is 11.3. The molecule has 1 amide bonds. The number of thiophene rings is 2. The summed E-state index contributed by atoms with van der Waals surface area (Å²) in [6, 6.07) is 15.6. The average molecular weight is 421 g/mol. The molecular formula is C24H24N2OS2. The van der Waals surface area contributed by atoms with Gasteiger partial charge in [0.1, 0.15) is 0 Å². The molecule has 3 aromatic rings. The number of primary amides is 1. The van der Waals surface area contributed by atoms with Gasteiger partial charge in [-0.2, -0.15) is 11.3 Å². The summed E-state index contributed by atoms with van der Waals surface area (Å²) in [6.07, 6.45) is 4.76. The molecule has 148 valence electrons. The van der Waals surface area contributed by atoms with Crippen molar-refractivity contribution in [2.75, 3.05) is 0 Å². The molecule has 2 aliphatic heterocycles. The molecule has 3 nitrogen and oxygen atoms in total. The molecule has 29 heavy (non-hydrogen) atoms. The third-order valence-corrected chi connectivity index (χ3v) is 7.80. The maximum absolute atomic E-state index is 11.7. The maximum Gasteiger partial charge on any atom is 0.248 e. The first-order chi connectivity index (χ1) is 14.2. The summed E-state index contributed by atoms with van der Waals surface area (Å²) in [5, 5.41) is 6.53. The van der Waals surface area contributed by atoms with Gasteiger partial charge in [-0.05, 0) is 82.8 Å². The number of amides is 1. The Morgan fingerprint density at radius 3 is 2.45 bits per heavy atom. The van der Waals surface area contributed by atoms with Crippen molar-refractivity contribution in [2.24, 2.45) is 5.73 Å². The van der Waals surface area contributed by atoms with Crippen LogP contribution < -0.4 is 5.73 Å². The number of hydrogen-bond acceptors (Lipinski definition) is 4. The van der Waals surface area contributed by atoms with Gasteiger partial charge in [0, 0.05) is 29.1 Å². The van der Waals surface area contributed by atoms with Crippen molar-refractivity contribution in [3.05, 3.63) is 85.7 Å². The zero-order valence-corrected chi connectivity index (χ0v) is 17.8. The number of benzene rings is 1. The van der Waals surface area contributed by atoms with Crippen molar-refractivity contribution in [2.45, 2.75) is 44.3 Å². The monoisotopic (exact) mass is 420 g/mol. The highest BCUT2D eigenvalue weighted by Crippen LogP contribution is 2.44. The number of fused-ring (bicyclic) bond motifs is 2. The van der Waals surface area contributed by atoms with Crippen molar-refractivity contribution in [3.8, 4) is 0 Å². The van der Waals surface area contributed by atoms with Gasteiger partial charge in [-0.1, -0.05) is 23.8 Å². The van der Waals surface area contributed by atoms with Crippen LogP contribution in [-0.2, 0) is 6.54 Å². The predicted molar refractivity (Wildman–Crippen MR) is 121 cm³/mol. The summed E-state index contributed by atoms with van der Waals surface area (Å²) in [4.78, 5) is 15.9. The molecular weight excluding hydrogens is 396 g/mol. The van der Waals surface area contributed by atoms with E-state index in [1.54, 1.807) is 17.4 Å². The van der Waals surface area contributed by atoms with Gasteiger partial charge in [0.2, 0.25) is 5.91 Å². The number of rotatable bonds is 5. The molecule has 4 heterocycles. The molecule has 5 rings (SSSR count). The first-order valence-electron chi connectivity index (χ1n) is 10.1. The van der Waals surface area contributed by atoms with Gasteiger partial charge < -0.3 is 5.73 Å². The van der Waals surface area contributed by atoms with E-state index in [0.717, 1.165) is 24.9 Å². The summed E-state index contributed by atoms with van der Waals surface area (Å²) in [6.45, 7) is 1.07. The van der Waals surface area contributed by atoms with Gasteiger partial charge in [-0.3, -0.25) is 9.69 Å². The molecule has 0 saturated carbocycles. The van der Waals surface area contributed by atoms with Gasteiger partial charge >= 0.3 is 0 Å². The van der Waals surface area contributed by atoms with E-state index in [2.05, 4.69) is 45.3 Å². The standard InChI is InChI=1S/C24H24N2OS2/c25-24(27)17-4-1-3-16(11-17)23(18-8-10-28-15-18)19-12-20-6-7-21(13-19)26(20)14-22-5-2-9-29-22/h1-5,8-11,15,20-21H,6-7,12-14H2,(H2,25,27). The fourth-order valence-corrected chi connectivity index (χ4v) is 6.32. The second kappa shape index (κ2) is 7.90. The van der Waals surface area contributed by atoms with Crippen LogP contribution in [0.1, 0.15) is 52.0 Å². The number of nitrogens with zero attached hydrogens (tertiary/aromatic N) is 1. The minimum atomic E-state index is -0.368. The van der Waals surface area contributed by atoms with Crippen molar-refractivity contribution in [1.82, 2.24) is 4.90 Å². The second-order valence-corrected chi connectivity index (χ2v) is 9.79. The van der Waals surface area contributed by atoms with E-state index >= 15 is 0 Å². The molecule has 0 aliphatic carbocycles. The van der Waals surface area contributed by atoms with Crippen LogP contribution in [0.4, 0.5) is 0 Å². The number of nitrogens with two attached hydrogens (primary N) is 1. The number of piperidine rings is 1. The Labute approximate surface area is 179 Å². The van der Waals surface area contributed by atoms with Gasteiger partial charge in [0.25, 0.3) is 0 Å². The van der Waals surface area contributed by atoms with Crippen LogP contribution in [0.15, 0.2) is 64.2 Å². The number of carbonyl (C=O) groups is 1. The Hall–Kier alpha value is -2.21. The fourth-order valence-electron chi connectivity index (χ4n) is 4.96. The normalized spacial score (nSPS) is 21.4. The first-order valence-corrected chi connectivity index (χ1v) is 11.9. The number of carbonyl (C=O) groups excluding carboxylic acids is 1. The highest BCUT2D eigenvalue weighted by molar-refractivity contribution is 7.09. The molecule has 2 unspecified atom stereocenters. The van der Waals surface area contributed by atoms with Crippen LogP contribution in [-0.4, -0.2) is 22.9 Å². The topological polar surface area (TPSA) is 46.3 Å². The lowest BCUT2D eigenvalue weighted by atomic mass is 9.86. The lowest BCUT2D eigenvalue weighted by Gasteiger charge is -2.37. The zero-order valence-electron chi connectivity index (χ0n) is 16.2. The van der Waals surface area contributed by atoms with Crippen molar-refractivity contribution in [1.29, 1.82) is 0 Å². The largest absolute Gasteiger partial charge is 0.366 e. The molecule has 1 aromatic carbocycles. The average Bonchev–Trinajstić information content (AvgIpc) is 3.46. The van der Waals surface area contributed by atoms with Crippen LogP contribution in [0.3, 0.4) is 0 Å². The summed E-state index contributed by atoms with van der Waals surface area (Å²) in [5.74, 6) is -0.368. The van der Waals surface area contributed by atoms with Gasteiger partial charge in [-0.25, -0.2) is 0 Å². The minimum Gasteiger partial charge on any atom is -0.366 e. The Balaban J connectivity index is 1.52. The Morgan fingerprint density at radius 1 is 1.00 bits per heavy atom. The lowest BCUT2D eigenvalue weighted by molar-refractivity contribution is 0.1000. The minimum absolute atomic E-state index is 0.368.